The van der Waals surface area contributed by atoms with Crippen molar-refractivity contribution in [3.05, 3.63) is 11.1 Å². The van der Waals surface area contributed by atoms with Gasteiger partial charge in [0.15, 0.2) is 27.9 Å². The molecule has 2 saturated heterocycles. The number of ether oxygens (including phenoxy) is 1. The second kappa shape index (κ2) is 5.18. The van der Waals surface area contributed by atoms with Crippen LogP contribution in [0.2, 0.25) is 0 Å². The smallest absolute Gasteiger partial charge is 0.386 e. The molecular weight excluding hydrogens is 397 g/mol. The van der Waals surface area contributed by atoms with Crippen LogP contribution in [0.5, 0.6) is 0 Å². The lowest BCUT2D eigenvalue weighted by Crippen LogP contribution is -2.39. The molecular formula is C10H11BrN5O6P. The van der Waals surface area contributed by atoms with Crippen molar-refractivity contribution in [1.29, 1.82) is 0 Å². The van der Waals surface area contributed by atoms with Crippen LogP contribution in [0.1, 0.15) is 6.23 Å². The number of hydrogen-bond acceptors (Lipinski definition) is 9. The third-order valence-electron chi connectivity index (χ3n) is 3.68. The minimum atomic E-state index is -4.19. The summed E-state index contributed by atoms with van der Waals surface area (Å²) in [7, 11) is -4.19. The first-order chi connectivity index (χ1) is 10.9. The molecule has 2 aliphatic rings. The summed E-state index contributed by atoms with van der Waals surface area (Å²) in [5.41, 5.74) is 6.45. The van der Waals surface area contributed by atoms with Crippen LogP contribution >= 0.6 is 23.8 Å². The molecule has 124 valence electrons. The standard InChI is InChI=1S/C10H11BrN5O6P/c11-10-15-4-7(12)13-2-14-8(4)16(10)9-5(17)6-3(21-9)1-20-23(18,19)22-6/h2-3,5-6,9,17H,1H2,(H,18,19)(H2,12,13,14)/t3-,5?,6-,9?/m0/s1. The summed E-state index contributed by atoms with van der Waals surface area (Å²) in [6.07, 6.45) is -2.62. The van der Waals surface area contributed by atoms with Crippen molar-refractivity contribution in [1.82, 2.24) is 19.5 Å². The number of nitrogen functional groups attached to an aromatic ring is 1. The first-order valence-electron chi connectivity index (χ1n) is 6.50. The number of nitrogens with two attached hydrogens (primary N) is 1. The minimum absolute atomic E-state index is 0.173. The maximum absolute atomic E-state index is 11.5. The predicted octanol–water partition coefficient (Wildman–Crippen LogP) is -0.0549. The molecule has 0 saturated carbocycles. The van der Waals surface area contributed by atoms with Gasteiger partial charge in [0.05, 0.1) is 6.61 Å². The molecule has 2 aliphatic heterocycles. The van der Waals surface area contributed by atoms with Crippen molar-refractivity contribution in [2.75, 3.05) is 12.3 Å². The first kappa shape index (κ1) is 15.4. The number of phosphoric ester groups is 1. The van der Waals surface area contributed by atoms with Gasteiger partial charge in [-0.2, -0.15) is 0 Å². The fourth-order valence-electron chi connectivity index (χ4n) is 2.67. The summed E-state index contributed by atoms with van der Waals surface area (Å²) >= 11 is 3.26. The predicted molar refractivity (Wildman–Crippen MR) is 78.0 cm³/mol. The summed E-state index contributed by atoms with van der Waals surface area (Å²) in [5, 5.41) is 10.5. The average molecular weight is 408 g/mol. The van der Waals surface area contributed by atoms with Gasteiger partial charge in [-0.25, -0.2) is 19.5 Å². The highest BCUT2D eigenvalue weighted by Gasteiger charge is 2.53. The Labute approximate surface area is 137 Å². The van der Waals surface area contributed by atoms with Crippen LogP contribution in [0.15, 0.2) is 11.1 Å². The van der Waals surface area contributed by atoms with E-state index in [0.717, 1.165) is 0 Å². The lowest BCUT2D eigenvalue weighted by Gasteiger charge is -2.27. The van der Waals surface area contributed by atoms with Crippen LogP contribution in [0.25, 0.3) is 11.2 Å². The fourth-order valence-corrected chi connectivity index (χ4v) is 4.19. The summed E-state index contributed by atoms with van der Waals surface area (Å²) in [4.78, 5) is 21.5. The van der Waals surface area contributed by atoms with Gasteiger partial charge in [0.2, 0.25) is 0 Å². The Morgan fingerprint density at radius 1 is 1.48 bits per heavy atom. The molecule has 2 aromatic heterocycles. The molecule has 23 heavy (non-hydrogen) atoms. The first-order valence-corrected chi connectivity index (χ1v) is 8.79. The molecule has 5 atom stereocenters. The number of halogens is 1. The van der Waals surface area contributed by atoms with E-state index >= 15 is 0 Å². The van der Waals surface area contributed by atoms with E-state index in [9.17, 15) is 14.6 Å². The monoisotopic (exact) mass is 407 g/mol. The molecule has 2 aromatic rings. The van der Waals surface area contributed by atoms with Gasteiger partial charge < -0.3 is 20.5 Å². The number of phosphoric acid groups is 1. The van der Waals surface area contributed by atoms with E-state index in [4.69, 9.17) is 19.5 Å². The van der Waals surface area contributed by atoms with Crippen molar-refractivity contribution in [3.8, 4) is 0 Å². The molecule has 4 heterocycles. The van der Waals surface area contributed by atoms with Gasteiger partial charge in [-0.15, -0.1) is 0 Å². The van der Waals surface area contributed by atoms with Crippen LogP contribution < -0.4 is 5.73 Å². The average Bonchev–Trinajstić information content (AvgIpc) is 2.97. The third-order valence-corrected chi connectivity index (χ3v) is 5.23. The van der Waals surface area contributed by atoms with Gasteiger partial charge in [0, 0.05) is 0 Å². The second-order valence-electron chi connectivity index (χ2n) is 5.07. The summed E-state index contributed by atoms with van der Waals surface area (Å²) in [5.74, 6) is 0.179. The van der Waals surface area contributed by atoms with Crippen LogP contribution in [-0.2, 0) is 18.3 Å². The Bertz CT molecular complexity index is 831. The Morgan fingerprint density at radius 3 is 3.04 bits per heavy atom. The number of imidazole rings is 1. The van der Waals surface area contributed by atoms with Crippen LogP contribution in [0, 0.1) is 0 Å². The summed E-state index contributed by atoms with van der Waals surface area (Å²) < 4.78 is 28.6. The zero-order chi connectivity index (χ0) is 16.4. The normalized spacial score (nSPS) is 37.2. The van der Waals surface area contributed by atoms with E-state index in [1.54, 1.807) is 0 Å². The number of rotatable bonds is 1. The van der Waals surface area contributed by atoms with Gasteiger partial charge >= 0.3 is 7.82 Å². The molecule has 3 unspecified atom stereocenters. The van der Waals surface area contributed by atoms with E-state index in [2.05, 4.69) is 30.9 Å². The number of aliphatic hydroxyl groups is 1. The van der Waals surface area contributed by atoms with E-state index < -0.39 is 32.4 Å². The maximum Gasteiger partial charge on any atom is 0.472 e. The molecule has 0 bridgehead atoms. The fraction of sp³-hybridized carbons (Fsp3) is 0.500. The summed E-state index contributed by atoms with van der Waals surface area (Å²) in [6.45, 7) is -0.173. The largest absolute Gasteiger partial charge is 0.472 e. The van der Waals surface area contributed by atoms with Crippen LogP contribution in [0.3, 0.4) is 0 Å². The second-order valence-corrected chi connectivity index (χ2v) is 7.19. The van der Waals surface area contributed by atoms with E-state index in [1.807, 2.05) is 0 Å². The number of aliphatic hydroxyl groups excluding tert-OH is 1. The number of hydrogen-bond donors (Lipinski definition) is 3. The van der Waals surface area contributed by atoms with E-state index in [0.29, 0.717) is 15.9 Å². The van der Waals surface area contributed by atoms with Crippen molar-refractivity contribution >= 4 is 40.7 Å². The molecule has 2 fully saturated rings. The highest BCUT2D eigenvalue weighted by Crippen LogP contribution is 2.52. The van der Waals surface area contributed by atoms with Crippen molar-refractivity contribution < 1.29 is 28.3 Å². The Hall–Kier alpha value is -1.14. The SMILES string of the molecule is Nc1ncnc2c1nc(Br)n2C1O[C@H]2COP(=O)(O)O[C@@H]2C1O. The number of aromatic nitrogens is 4. The van der Waals surface area contributed by atoms with Crippen molar-refractivity contribution in [2.24, 2.45) is 0 Å². The van der Waals surface area contributed by atoms with Gasteiger partial charge in [-0.1, -0.05) is 0 Å². The van der Waals surface area contributed by atoms with Gasteiger partial charge in [-0.05, 0) is 15.9 Å². The molecule has 0 amide bonds. The Morgan fingerprint density at radius 2 is 2.26 bits per heavy atom. The van der Waals surface area contributed by atoms with E-state index in [1.165, 1.54) is 10.9 Å². The Kier molecular flexibility index (Phi) is 3.47. The van der Waals surface area contributed by atoms with Crippen LogP contribution in [-0.4, -0.2) is 54.4 Å². The maximum atomic E-state index is 11.5. The lowest BCUT2D eigenvalue weighted by atomic mass is 10.1. The zero-order valence-corrected chi connectivity index (χ0v) is 13.8. The molecule has 4 N–H and O–H groups in total. The quantitative estimate of drug-likeness (QED) is 0.432. The topological polar surface area (TPSA) is 155 Å². The Balaban J connectivity index is 1.76. The molecule has 0 radical (unpaired) electrons. The number of nitrogens with zero attached hydrogens (tertiary/aromatic N) is 4. The van der Waals surface area contributed by atoms with Gasteiger partial charge in [-0.3, -0.25) is 13.6 Å². The lowest BCUT2D eigenvalue weighted by molar-refractivity contribution is -0.0669. The van der Waals surface area contributed by atoms with Gasteiger partial charge in [0.1, 0.15) is 24.6 Å². The van der Waals surface area contributed by atoms with Gasteiger partial charge in [0.25, 0.3) is 0 Å². The highest BCUT2D eigenvalue weighted by molar-refractivity contribution is 9.10. The molecule has 13 heteroatoms. The molecule has 11 nitrogen and oxygen atoms in total. The van der Waals surface area contributed by atoms with Crippen molar-refractivity contribution in [2.45, 2.75) is 24.5 Å². The zero-order valence-electron chi connectivity index (χ0n) is 11.3. The number of anilines is 1. The molecule has 0 aromatic carbocycles. The molecule has 0 aliphatic carbocycles. The molecule has 4 rings (SSSR count). The minimum Gasteiger partial charge on any atom is -0.386 e. The third kappa shape index (κ3) is 2.38. The number of fused-ring (bicyclic) bond motifs is 2. The van der Waals surface area contributed by atoms with E-state index in [-0.39, 0.29) is 12.4 Å². The molecule has 0 spiro atoms. The highest BCUT2D eigenvalue weighted by atomic mass is 79.9. The summed E-state index contributed by atoms with van der Waals surface area (Å²) in [6, 6.07) is 0. The van der Waals surface area contributed by atoms with Crippen LogP contribution in [0.4, 0.5) is 5.82 Å². The van der Waals surface area contributed by atoms with Crippen molar-refractivity contribution in [3.63, 3.8) is 0 Å².